The Morgan fingerprint density at radius 3 is 2.83 bits per heavy atom. The van der Waals surface area contributed by atoms with Crippen molar-refractivity contribution in [1.29, 1.82) is 0 Å². The SMILES string of the molecule is C[C@H](OCc1csc(-c2ccccc2)n1)C(=O)O. The second-order valence-corrected chi connectivity index (χ2v) is 4.66. The molecule has 1 N–H and O–H groups in total. The van der Waals surface area contributed by atoms with Crippen LogP contribution in [0.5, 0.6) is 0 Å². The van der Waals surface area contributed by atoms with Crippen LogP contribution in [0.15, 0.2) is 35.7 Å². The molecule has 4 nitrogen and oxygen atoms in total. The number of rotatable bonds is 5. The van der Waals surface area contributed by atoms with Gasteiger partial charge in [0.05, 0.1) is 12.3 Å². The minimum atomic E-state index is -0.964. The fourth-order valence-corrected chi connectivity index (χ4v) is 2.18. The van der Waals surface area contributed by atoms with Crippen LogP contribution in [0.3, 0.4) is 0 Å². The highest BCUT2D eigenvalue weighted by Gasteiger charge is 2.12. The van der Waals surface area contributed by atoms with E-state index in [2.05, 4.69) is 4.98 Å². The van der Waals surface area contributed by atoms with Gasteiger partial charge in [-0.1, -0.05) is 30.3 Å². The summed E-state index contributed by atoms with van der Waals surface area (Å²) >= 11 is 1.52. The van der Waals surface area contributed by atoms with E-state index in [0.29, 0.717) is 0 Å². The highest BCUT2D eigenvalue weighted by molar-refractivity contribution is 7.13. The number of hydrogen-bond donors (Lipinski definition) is 1. The second kappa shape index (κ2) is 5.75. The topological polar surface area (TPSA) is 59.4 Å². The summed E-state index contributed by atoms with van der Waals surface area (Å²) in [5.74, 6) is -0.964. The molecule has 0 amide bonds. The van der Waals surface area contributed by atoms with E-state index in [0.717, 1.165) is 16.3 Å². The Labute approximate surface area is 109 Å². The largest absolute Gasteiger partial charge is 0.479 e. The molecule has 5 heteroatoms. The van der Waals surface area contributed by atoms with Gasteiger partial charge in [-0.05, 0) is 6.92 Å². The van der Waals surface area contributed by atoms with Crippen LogP contribution >= 0.6 is 11.3 Å². The summed E-state index contributed by atoms with van der Waals surface area (Å²) in [5, 5.41) is 11.5. The van der Waals surface area contributed by atoms with Crippen LogP contribution in [-0.2, 0) is 16.1 Å². The van der Waals surface area contributed by atoms with E-state index in [1.54, 1.807) is 0 Å². The summed E-state index contributed by atoms with van der Waals surface area (Å²) in [6.07, 6.45) is -0.813. The molecule has 18 heavy (non-hydrogen) atoms. The minimum Gasteiger partial charge on any atom is -0.479 e. The van der Waals surface area contributed by atoms with Gasteiger partial charge in [0.15, 0.2) is 6.10 Å². The third kappa shape index (κ3) is 3.15. The lowest BCUT2D eigenvalue weighted by atomic mass is 10.2. The van der Waals surface area contributed by atoms with Crippen molar-refractivity contribution in [2.24, 2.45) is 0 Å². The normalized spacial score (nSPS) is 12.3. The molecule has 0 fully saturated rings. The molecule has 94 valence electrons. The quantitative estimate of drug-likeness (QED) is 0.901. The summed E-state index contributed by atoms with van der Waals surface area (Å²) in [4.78, 5) is 15.0. The van der Waals surface area contributed by atoms with Crippen molar-refractivity contribution >= 4 is 17.3 Å². The van der Waals surface area contributed by atoms with Crippen molar-refractivity contribution in [3.05, 3.63) is 41.4 Å². The third-order valence-electron chi connectivity index (χ3n) is 2.40. The van der Waals surface area contributed by atoms with E-state index in [9.17, 15) is 4.79 Å². The third-order valence-corrected chi connectivity index (χ3v) is 3.34. The van der Waals surface area contributed by atoms with Crippen LogP contribution < -0.4 is 0 Å². The fraction of sp³-hybridized carbons (Fsp3) is 0.231. The van der Waals surface area contributed by atoms with Gasteiger partial charge >= 0.3 is 5.97 Å². The maximum atomic E-state index is 10.6. The number of ether oxygens (including phenoxy) is 1. The van der Waals surface area contributed by atoms with Crippen molar-refractivity contribution in [1.82, 2.24) is 4.98 Å². The van der Waals surface area contributed by atoms with Crippen LogP contribution in [0, 0.1) is 0 Å². The van der Waals surface area contributed by atoms with Crippen molar-refractivity contribution < 1.29 is 14.6 Å². The summed E-state index contributed by atoms with van der Waals surface area (Å²) in [5.41, 5.74) is 1.81. The van der Waals surface area contributed by atoms with Gasteiger partial charge in [-0.3, -0.25) is 0 Å². The maximum Gasteiger partial charge on any atom is 0.332 e. The Morgan fingerprint density at radius 1 is 1.44 bits per heavy atom. The Balaban J connectivity index is 2.01. The lowest BCUT2D eigenvalue weighted by Gasteiger charge is -2.05. The molecule has 0 radical (unpaired) electrons. The molecule has 0 unspecified atom stereocenters. The lowest BCUT2D eigenvalue weighted by Crippen LogP contribution is -2.19. The molecule has 0 aliphatic heterocycles. The number of nitrogens with zero attached hydrogens (tertiary/aromatic N) is 1. The van der Waals surface area contributed by atoms with Gasteiger partial charge in [0.2, 0.25) is 0 Å². The smallest absolute Gasteiger partial charge is 0.332 e. The number of carboxylic acids is 1. The van der Waals surface area contributed by atoms with Crippen LogP contribution in [0.4, 0.5) is 0 Å². The fourth-order valence-electron chi connectivity index (χ4n) is 1.37. The first-order valence-electron chi connectivity index (χ1n) is 5.51. The van der Waals surface area contributed by atoms with E-state index in [-0.39, 0.29) is 6.61 Å². The second-order valence-electron chi connectivity index (χ2n) is 3.80. The van der Waals surface area contributed by atoms with Gasteiger partial charge in [0.1, 0.15) is 5.01 Å². The Bertz CT molecular complexity index is 524. The molecular formula is C13H13NO3S. The van der Waals surface area contributed by atoms with Crippen LogP contribution in [0.2, 0.25) is 0 Å². The molecule has 0 saturated heterocycles. The van der Waals surface area contributed by atoms with E-state index >= 15 is 0 Å². The molecule has 0 bridgehead atoms. The van der Waals surface area contributed by atoms with E-state index < -0.39 is 12.1 Å². The number of carbonyl (C=O) groups is 1. The number of thiazole rings is 1. The van der Waals surface area contributed by atoms with Gasteiger partial charge in [0.25, 0.3) is 0 Å². The molecule has 0 aliphatic carbocycles. The minimum absolute atomic E-state index is 0.219. The van der Waals surface area contributed by atoms with E-state index in [1.165, 1.54) is 18.3 Å². The number of aliphatic carboxylic acids is 1. The Kier molecular flexibility index (Phi) is 4.07. The summed E-state index contributed by atoms with van der Waals surface area (Å²) in [7, 11) is 0. The lowest BCUT2D eigenvalue weighted by molar-refractivity contribution is -0.149. The van der Waals surface area contributed by atoms with Gasteiger partial charge in [-0.25, -0.2) is 9.78 Å². The first-order chi connectivity index (χ1) is 8.66. The molecule has 1 atom stereocenters. The average molecular weight is 263 g/mol. The molecule has 1 aromatic carbocycles. The van der Waals surface area contributed by atoms with Gasteiger partial charge in [0, 0.05) is 10.9 Å². The summed E-state index contributed by atoms with van der Waals surface area (Å²) in [6, 6.07) is 9.85. The van der Waals surface area contributed by atoms with Gasteiger partial charge in [-0.2, -0.15) is 0 Å². The Morgan fingerprint density at radius 2 is 2.17 bits per heavy atom. The standard InChI is InChI=1S/C13H13NO3S/c1-9(13(15)16)17-7-11-8-18-12(14-11)10-5-3-2-4-6-10/h2-6,8-9H,7H2,1H3,(H,15,16)/t9-/m0/s1. The van der Waals surface area contributed by atoms with Gasteiger partial charge in [-0.15, -0.1) is 11.3 Å². The highest BCUT2D eigenvalue weighted by Crippen LogP contribution is 2.23. The zero-order valence-corrected chi connectivity index (χ0v) is 10.7. The van der Waals surface area contributed by atoms with Crippen molar-refractivity contribution in [3.63, 3.8) is 0 Å². The van der Waals surface area contributed by atoms with E-state index in [1.807, 2.05) is 35.7 Å². The zero-order valence-electron chi connectivity index (χ0n) is 9.87. The Hall–Kier alpha value is -1.72. The first-order valence-corrected chi connectivity index (χ1v) is 6.39. The molecule has 2 rings (SSSR count). The van der Waals surface area contributed by atoms with Crippen molar-refractivity contribution in [2.45, 2.75) is 19.6 Å². The van der Waals surface area contributed by atoms with Crippen LogP contribution in [0.25, 0.3) is 10.6 Å². The predicted molar refractivity (Wildman–Crippen MR) is 69.4 cm³/mol. The van der Waals surface area contributed by atoms with Crippen molar-refractivity contribution in [2.75, 3.05) is 0 Å². The summed E-state index contributed by atoms with van der Waals surface area (Å²) in [6.45, 7) is 1.73. The number of benzene rings is 1. The zero-order chi connectivity index (χ0) is 13.0. The maximum absolute atomic E-state index is 10.6. The molecule has 1 aromatic heterocycles. The summed E-state index contributed by atoms with van der Waals surface area (Å²) < 4.78 is 5.18. The van der Waals surface area contributed by atoms with Gasteiger partial charge < -0.3 is 9.84 Å². The highest BCUT2D eigenvalue weighted by atomic mass is 32.1. The predicted octanol–water partition coefficient (Wildman–Crippen LogP) is 2.80. The first kappa shape index (κ1) is 12.7. The molecule has 0 aliphatic rings. The molecule has 0 saturated carbocycles. The number of carboxylic acid groups (broad SMARTS) is 1. The van der Waals surface area contributed by atoms with Crippen LogP contribution in [-0.4, -0.2) is 22.2 Å². The number of aromatic nitrogens is 1. The molecule has 1 heterocycles. The molecule has 0 spiro atoms. The molecule has 2 aromatic rings. The van der Waals surface area contributed by atoms with Crippen molar-refractivity contribution in [3.8, 4) is 10.6 Å². The van der Waals surface area contributed by atoms with Crippen LogP contribution in [0.1, 0.15) is 12.6 Å². The van der Waals surface area contributed by atoms with E-state index in [4.69, 9.17) is 9.84 Å². The molecular weight excluding hydrogens is 250 g/mol. The monoisotopic (exact) mass is 263 g/mol. The number of hydrogen-bond acceptors (Lipinski definition) is 4. The average Bonchev–Trinajstić information content (AvgIpc) is 2.85.